The molecule has 2 unspecified atom stereocenters. The second kappa shape index (κ2) is 4.34. The van der Waals surface area contributed by atoms with Crippen molar-refractivity contribution in [1.29, 1.82) is 0 Å². The molecule has 21 heavy (non-hydrogen) atoms. The van der Waals surface area contributed by atoms with Gasteiger partial charge in [0.2, 0.25) is 11.7 Å². The molecule has 0 bridgehead atoms. The topological polar surface area (TPSA) is 68.6 Å². The fourth-order valence-electron chi connectivity index (χ4n) is 2.66. The van der Waals surface area contributed by atoms with Gasteiger partial charge in [0.25, 0.3) is 0 Å². The number of rotatable bonds is 1. The lowest BCUT2D eigenvalue weighted by Crippen LogP contribution is -2.42. The number of nitrogens with zero attached hydrogens (tertiary/aromatic N) is 2. The molecule has 0 saturated heterocycles. The van der Waals surface area contributed by atoms with E-state index in [0.717, 1.165) is 0 Å². The Balaban J connectivity index is 1.78. The van der Waals surface area contributed by atoms with Gasteiger partial charge >= 0.3 is 0 Å². The Morgan fingerprint density at radius 2 is 1.71 bits per heavy atom. The van der Waals surface area contributed by atoms with Gasteiger partial charge in [-0.05, 0) is 12.1 Å². The largest absolute Gasteiger partial charge is 0.463 e. The monoisotopic (exact) mass is 278 g/mol. The molecule has 2 atom stereocenters. The molecule has 0 radical (unpaired) electrons. The summed E-state index contributed by atoms with van der Waals surface area (Å²) in [6.07, 6.45) is 2.37. The van der Waals surface area contributed by atoms with Gasteiger partial charge in [-0.25, -0.2) is 4.99 Å². The highest BCUT2D eigenvalue weighted by Crippen LogP contribution is 2.30. The van der Waals surface area contributed by atoms with Gasteiger partial charge < -0.3 is 4.74 Å². The summed E-state index contributed by atoms with van der Waals surface area (Å²) in [7, 11) is 0. The summed E-state index contributed by atoms with van der Waals surface area (Å²) in [6, 6.07) is 9.53. The molecular formula is C16H10N2O3. The highest BCUT2D eigenvalue weighted by Gasteiger charge is 2.47. The van der Waals surface area contributed by atoms with Crippen molar-refractivity contribution < 1.29 is 14.3 Å². The Hall–Kier alpha value is -2.82. The van der Waals surface area contributed by atoms with Gasteiger partial charge in [-0.1, -0.05) is 24.3 Å². The number of benzene rings is 1. The summed E-state index contributed by atoms with van der Waals surface area (Å²) in [5.41, 5.74) is 1.49. The molecule has 2 aromatic rings. The van der Waals surface area contributed by atoms with Crippen molar-refractivity contribution in [3.63, 3.8) is 0 Å². The molecule has 1 aromatic heterocycles. The quantitative estimate of drug-likeness (QED) is 0.795. The number of ether oxygens (including phenoxy) is 1. The number of aromatic nitrogens is 1. The second-order valence-corrected chi connectivity index (χ2v) is 4.93. The van der Waals surface area contributed by atoms with Crippen LogP contribution in [-0.2, 0) is 4.74 Å². The van der Waals surface area contributed by atoms with Gasteiger partial charge in [-0.15, -0.1) is 0 Å². The molecule has 0 saturated carbocycles. The molecule has 1 aliphatic heterocycles. The first kappa shape index (κ1) is 12.0. The smallest absolute Gasteiger partial charge is 0.219 e. The molecule has 5 nitrogen and oxygen atoms in total. The van der Waals surface area contributed by atoms with E-state index in [0.29, 0.717) is 22.6 Å². The van der Waals surface area contributed by atoms with Gasteiger partial charge in [0.05, 0.1) is 5.56 Å². The van der Waals surface area contributed by atoms with Crippen molar-refractivity contribution in [2.24, 2.45) is 4.99 Å². The normalized spacial score (nSPS) is 23.1. The Bertz CT molecular complexity index is 783. The van der Waals surface area contributed by atoms with E-state index in [-0.39, 0.29) is 11.6 Å². The predicted molar refractivity (Wildman–Crippen MR) is 74.5 cm³/mol. The molecule has 2 aliphatic rings. The molecule has 4 rings (SSSR count). The number of carbonyl (C=O) groups is 2. The van der Waals surface area contributed by atoms with E-state index in [2.05, 4.69) is 9.98 Å². The lowest BCUT2D eigenvalue weighted by molar-refractivity contribution is 0.0688. The SMILES string of the molecule is O=C1c2ccccc2C(=O)C2OC(c3cccnc3)=NC12. The number of Topliss-reactive ketones (excluding diaryl/α,β-unsaturated/α-hetero) is 2. The molecule has 0 N–H and O–H groups in total. The average Bonchev–Trinajstić information content (AvgIpc) is 2.99. The summed E-state index contributed by atoms with van der Waals surface area (Å²) >= 11 is 0. The number of hydrogen-bond donors (Lipinski definition) is 0. The fourth-order valence-corrected chi connectivity index (χ4v) is 2.66. The van der Waals surface area contributed by atoms with Crippen molar-refractivity contribution >= 4 is 17.5 Å². The number of ketones is 2. The number of pyridine rings is 1. The van der Waals surface area contributed by atoms with Crippen LogP contribution in [0.5, 0.6) is 0 Å². The highest BCUT2D eigenvalue weighted by molar-refractivity contribution is 6.21. The third-order valence-corrected chi connectivity index (χ3v) is 3.68. The van der Waals surface area contributed by atoms with Crippen LogP contribution in [-0.4, -0.2) is 34.6 Å². The van der Waals surface area contributed by atoms with Gasteiger partial charge in [0, 0.05) is 23.5 Å². The Labute approximate surface area is 120 Å². The van der Waals surface area contributed by atoms with Crippen LogP contribution in [0.25, 0.3) is 0 Å². The first-order valence-electron chi connectivity index (χ1n) is 6.58. The first-order chi connectivity index (χ1) is 10.3. The maximum absolute atomic E-state index is 12.5. The van der Waals surface area contributed by atoms with E-state index in [1.807, 2.05) is 0 Å². The summed E-state index contributed by atoms with van der Waals surface area (Å²) < 4.78 is 5.63. The van der Waals surface area contributed by atoms with Crippen LogP contribution in [0.4, 0.5) is 0 Å². The average molecular weight is 278 g/mol. The number of hydrogen-bond acceptors (Lipinski definition) is 5. The minimum atomic E-state index is -0.859. The molecule has 1 aliphatic carbocycles. The lowest BCUT2D eigenvalue weighted by Gasteiger charge is -2.22. The van der Waals surface area contributed by atoms with Crippen molar-refractivity contribution in [2.45, 2.75) is 12.1 Å². The van der Waals surface area contributed by atoms with E-state index >= 15 is 0 Å². The Kier molecular flexibility index (Phi) is 2.47. The van der Waals surface area contributed by atoms with Crippen LogP contribution in [0, 0.1) is 0 Å². The zero-order chi connectivity index (χ0) is 14.4. The van der Waals surface area contributed by atoms with E-state index < -0.39 is 12.1 Å². The molecule has 1 aromatic carbocycles. The third-order valence-electron chi connectivity index (χ3n) is 3.68. The van der Waals surface area contributed by atoms with Crippen LogP contribution in [0.2, 0.25) is 0 Å². The van der Waals surface area contributed by atoms with Gasteiger partial charge in [0.1, 0.15) is 0 Å². The molecule has 2 heterocycles. The van der Waals surface area contributed by atoms with Crippen LogP contribution < -0.4 is 0 Å². The van der Waals surface area contributed by atoms with Crippen LogP contribution in [0.15, 0.2) is 53.8 Å². The minimum Gasteiger partial charge on any atom is -0.463 e. The lowest BCUT2D eigenvalue weighted by atomic mass is 9.85. The van der Waals surface area contributed by atoms with Gasteiger partial charge in [-0.3, -0.25) is 14.6 Å². The molecular weight excluding hydrogens is 268 g/mol. The van der Waals surface area contributed by atoms with Gasteiger partial charge in [0.15, 0.2) is 17.9 Å². The molecule has 0 fully saturated rings. The van der Waals surface area contributed by atoms with Crippen LogP contribution >= 0.6 is 0 Å². The van der Waals surface area contributed by atoms with Gasteiger partial charge in [-0.2, -0.15) is 0 Å². The number of carbonyl (C=O) groups excluding carboxylic acids is 2. The van der Waals surface area contributed by atoms with Crippen LogP contribution in [0.3, 0.4) is 0 Å². The van der Waals surface area contributed by atoms with Crippen molar-refractivity contribution in [1.82, 2.24) is 4.98 Å². The Morgan fingerprint density at radius 1 is 0.952 bits per heavy atom. The van der Waals surface area contributed by atoms with E-state index in [4.69, 9.17) is 4.74 Å². The standard InChI is InChI=1S/C16H10N2O3/c19-13-10-5-1-2-6-11(10)14(20)15-12(13)18-16(21-15)9-4-3-7-17-8-9/h1-8,12,15H. The first-order valence-corrected chi connectivity index (χ1v) is 6.58. The predicted octanol–water partition coefficient (Wildman–Crippen LogP) is 1.67. The maximum Gasteiger partial charge on any atom is 0.219 e. The minimum absolute atomic E-state index is 0.172. The second-order valence-electron chi connectivity index (χ2n) is 4.93. The van der Waals surface area contributed by atoms with Crippen molar-refractivity contribution in [2.75, 3.05) is 0 Å². The molecule has 5 heteroatoms. The summed E-state index contributed by atoms with van der Waals surface area (Å²) in [4.78, 5) is 33.2. The third kappa shape index (κ3) is 1.71. The number of aliphatic imine (C=N–C) groups is 1. The van der Waals surface area contributed by atoms with Crippen LogP contribution in [0.1, 0.15) is 26.3 Å². The highest BCUT2D eigenvalue weighted by atomic mass is 16.5. The van der Waals surface area contributed by atoms with Crippen molar-refractivity contribution in [3.05, 3.63) is 65.5 Å². The van der Waals surface area contributed by atoms with Crippen molar-refractivity contribution in [3.8, 4) is 0 Å². The number of fused-ring (bicyclic) bond motifs is 2. The summed E-state index contributed by atoms with van der Waals surface area (Å²) in [5, 5.41) is 0. The summed E-state index contributed by atoms with van der Waals surface area (Å²) in [5.74, 6) is -0.0699. The molecule has 0 spiro atoms. The molecule has 102 valence electrons. The Morgan fingerprint density at radius 3 is 2.43 bits per heavy atom. The maximum atomic E-state index is 12.5. The zero-order valence-electron chi connectivity index (χ0n) is 10.9. The van der Waals surface area contributed by atoms with E-state index in [1.54, 1.807) is 48.8 Å². The zero-order valence-corrected chi connectivity index (χ0v) is 10.9. The van der Waals surface area contributed by atoms with E-state index in [9.17, 15) is 9.59 Å². The van der Waals surface area contributed by atoms with E-state index in [1.165, 1.54) is 0 Å². The summed E-state index contributed by atoms with van der Waals surface area (Å²) in [6.45, 7) is 0. The molecule has 0 amide bonds. The fraction of sp³-hybridized carbons (Fsp3) is 0.125.